The number of carbonyl (C=O) groups excluding carboxylic acids is 4. The molecule has 9 nitrogen and oxygen atoms in total. The van der Waals surface area contributed by atoms with Crippen molar-refractivity contribution in [3.63, 3.8) is 0 Å². The van der Waals surface area contributed by atoms with Gasteiger partial charge < -0.3 is 0 Å². The average molecular weight is 496 g/mol. The van der Waals surface area contributed by atoms with Crippen molar-refractivity contribution < 1.29 is 24.1 Å². The van der Waals surface area contributed by atoms with Crippen molar-refractivity contribution in [2.24, 2.45) is 11.8 Å². The predicted octanol–water partition coefficient (Wildman–Crippen LogP) is 4.22. The highest BCUT2D eigenvalue weighted by Gasteiger charge is 2.53. The van der Waals surface area contributed by atoms with Crippen LogP contribution in [0.25, 0.3) is 0 Å². The standard InChI is InChI=1S/C25H22ClN3O6/c1-14-3-12-20-21(13-14)25(33)28(24(20)32)27(15(2)22(30)16-4-8-18(26)9-5-16)23(31)17-6-10-19(11-7-17)29(34)35/h3-11,15,20-21H,12-13H2,1-2H3/t15-,20+,21-/m1/s1. The first-order valence-electron chi connectivity index (χ1n) is 11.0. The van der Waals surface area contributed by atoms with Gasteiger partial charge in [0.1, 0.15) is 6.04 Å². The quantitative estimate of drug-likeness (QED) is 0.195. The molecule has 1 aliphatic carbocycles. The van der Waals surface area contributed by atoms with Gasteiger partial charge in [-0.25, -0.2) is 5.01 Å². The third kappa shape index (κ3) is 4.46. The number of non-ortho nitro benzene ring substituents is 1. The number of nitrogens with zero attached hydrogens (tertiary/aromatic N) is 3. The average Bonchev–Trinajstić information content (AvgIpc) is 3.08. The van der Waals surface area contributed by atoms with Crippen molar-refractivity contribution in [3.8, 4) is 0 Å². The number of Topliss-reactive ketones (excluding diaryl/α,β-unsaturated/α-hetero) is 1. The number of nitro benzene ring substituents is 1. The van der Waals surface area contributed by atoms with Gasteiger partial charge in [-0.2, -0.15) is 5.01 Å². The molecule has 1 saturated heterocycles. The SMILES string of the molecule is CC1=CC[C@@H]2C(=O)N(N(C(=O)c3ccc([N+](=O)[O-])cc3)[C@H](C)C(=O)c3ccc(Cl)cc3)C(=O)[C@@H]2C1. The molecule has 0 N–H and O–H groups in total. The van der Waals surface area contributed by atoms with Crippen LogP contribution in [0.2, 0.25) is 5.02 Å². The number of nitro groups is 1. The Morgan fingerprint density at radius 1 is 1.03 bits per heavy atom. The molecule has 0 aromatic heterocycles. The van der Waals surface area contributed by atoms with E-state index in [1.807, 2.05) is 13.0 Å². The fourth-order valence-corrected chi connectivity index (χ4v) is 4.62. The summed E-state index contributed by atoms with van der Waals surface area (Å²) < 4.78 is 0. The lowest BCUT2D eigenvalue weighted by molar-refractivity contribution is -0.384. The van der Waals surface area contributed by atoms with E-state index in [9.17, 15) is 29.3 Å². The molecule has 35 heavy (non-hydrogen) atoms. The summed E-state index contributed by atoms with van der Waals surface area (Å²) in [7, 11) is 0. The maximum Gasteiger partial charge on any atom is 0.273 e. The summed E-state index contributed by atoms with van der Waals surface area (Å²) >= 11 is 5.92. The lowest BCUT2D eigenvalue weighted by Crippen LogP contribution is -2.56. The van der Waals surface area contributed by atoms with Gasteiger partial charge in [-0.05, 0) is 63.1 Å². The number of benzene rings is 2. The van der Waals surface area contributed by atoms with Crippen molar-refractivity contribution in [1.29, 1.82) is 0 Å². The second-order valence-electron chi connectivity index (χ2n) is 8.69. The maximum atomic E-state index is 13.6. The van der Waals surface area contributed by atoms with Crippen molar-refractivity contribution in [1.82, 2.24) is 10.0 Å². The molecule has 1 fully saturated rings. The summed E-state index contributed by atoms with van der Waals surface area (Å²) in [5, 5.41) is 13.1. The zero-order chi connectivity index (χ0) is 25.4. The number of fused-ring (bicyclic) bond motifs is 1. The number of ketones is 1. The van der Waals surface area contributed by atoms with Gasteiger partial charge in [0.05, 0.1) is 16.8 Å². The molecule has 0 bridgehead atoms. The molecule has 2 aromatic rings. The molecule has 3 amide bonds. The van der Waals surface area contributed by atoms with Crippen LogP contribution < -0.4 is 0 Å². The number of carbonyl (C=O) groups is 4. The molecule has 180 valence electrons. The van der Waals surface area contributed by atoms with Crippen molar-refractivity contribution in [2.45, 2.75) is 32.7 Å². The van der Waals surface area contributed by atoms with Crippen molar-refractivity contribution in [3.05, 3.63) is 86.4 Å². The molecule has 10 heteroatoms. The second-order valence-corrected chi connectivity index (χ2v) is 9.13. The molecular formula is C25H22ClN3O6. The molecule has 0 radical (unpaired) electrons. The third-order valence-corrected chi connectivity index (χ3v) is 6.68. The van der Waals surface area contributed by atoms with Crippen LogP contribution in [0.3, 0.4) is 0 Å². The van der Waals surface area contributed by atoms with Gasteiger partial charge in [-0.15, -0.1) is 0 Å². The molecule has 3 atom stereocenters. The topological polar surface area (TPSA) is 118 Å². The smallest absolute Gasteiger partial charge is 0.273 e. The normalized spacial score (nSPS) is 20.2. The summed E-state index contributed by atoms with van der Waals surface area (Å²) in [6.07, 6.45) is 2.67. The van der Waals surface area contributed by atoms with E-state index in [4.69, 9.17) is 11.6 Å². The second kappa shape index (κ2) is 9.42. The first-order valence-corrected chi connectivity index (χ1v) is 11.4. The van der Waals surface area contributed by atoms with E-state index in [1.165, 1.54) is 43.3 Å². The Balaban J connectivity index is 1.74. The van der Waals surface area contributed by atoms with Crippen LogP contribution >= 0.6 is 11.6 Å². The van der Waals surface area contributed by atoms with Crippen LogP contribution in [0.15, 0.2) is 60.2 Å². The molecule has 2 aliphatic rings. The monoisotopic (exact) mass is 495 g/mol. The van der Waals surface area contributed by atoms with Crippen LogP contribution in [0.5, 0.6) is 0 Å². The summed E-state index contributed by atoms with van der Waals surface area (Å²) in [6.45, 7) is 3.31. The Morgan fingerprint density at radius 2 is 1.60 bits per heavy atom. The van der Waals surface area contributed by atoms with Gasteiger partial charge in [0.15, 0.2) is 5.78 Å². The van der Waals surface area contributed by atoms with E-state index in [2.05, 4.69) is 0 Å². The molecule has 0 unspecified atom stereocenters. The van der Waals surface area contributed by atoms with Gasteiger partial charge in [-0.3, -0.25) is 29.3 Å². The van der Waals surface area contributed by atoms with Crippen molar-refractivity contribution in [2.75, 3.05) is 0 Å². The lowest BCUT2D eigenvalue weighted by Gasteiger charge is -2.34. The molecule has 0 saturated carbocycles. The third-order valence-electron chi connectivity index (χ3n) is 6.42. The van der Waals surface area contributed by atoms with E-state index in [1.54, 1.807) is 0 Å². The maximum absolute atomic E-state index is 13.6. The zero-order valence-electron chi connectivity index (χ0n) is 19.0. The van der Waals surface area contributed by atoms with E-state index in [0.717, 1.165) is 27.7 Å². The minimum absolute atomic E-state index is 0.00358. The van der Waals surface area contributed by atoms with Crippen LogP contribution in [0.4, 0.5) is 5.69 Å². The van der Waals surface area contributed by atoms with Gasteiger partial charge in [0, 0.05) is 28.3 Å². The van der Waals surface area contributed by atoms with E-state index >= 15 is 0 Å². The highest BCUT2D eigenvalue weighted by atomic mass is 35.5. The number of halogens is 1. The Labute approximate surface area is 206 Å². The van der Waals surface area contributed by atoms with Gasteiger partial charge in [0.25, 0.3) is 23.4 Å². The van der Waals surface area contributed by atoms with Crippen LogP contribution in [-0.4, -0.2) is 44.5 Å². The molecule has 4 rings (SSSR count). The number of hydrogen-bond acceptors (Lipinski definition) is 6. The summed E-state index contributed by atoms with van der Waals surface area (Å²) in [5.74, 6) is -3.61. The number of imide groups is 1. The largest absolute Gasteiger partial charge is 0.292 e. The molecule has 1 heterocycles. The number of amides is 3. The summed E-state index contributed by atoms with van der Waals surface area (Å²) in [4.78, 5) is 64.1. The van der Waals surface area contributed by atoms with Crippen LogP contribution in [-0.2, 0) is 9.59 Å². The fraction of sp³-hybridized carbons (Fsp3) is 0.280. The van der Waals surface area contributed by atoms with E-state index in [-0.39, 0.29) is 16.8 Å². The summed E-state index contributed by atoms with van der Waals surface area (Å²) in [6, 6.07) is 9.59. The van der Waals surface area contributed by atoms with Gasteiger partial charge in [0.2, 0.25) is 0 Å². The first kappa shape index (κ1) is 24.3. The minimum Gasteiger partial charge on any atom is -0.292 e. The number of rotatable bonds is 6. The van der Waals surface area contributed by atoms with Crippen LogP contribution in [0.1, 0.15) is 47.4 Å². The van der Waals surface area contributed by atoms with Gasteiger partial charge >= 0.3 is 0 Å². The Bertz CT molecular complexity index is 1250. The number of allylic oxidation sites excluding steroid dienone is 2. The molecular weight excluding hydrogens is 474 g/mol. The summed E-state index contributed by atoms with van der Waals surface area (Å²) in [5.41, 5.74) is 1.00. The fourth-order valence-electron chi connectivity index (χ4n) is 4.50. The molecule has 0 spiro atoms. The van der Waals surface area contributed by atoms with E-state index < -0.39 is 46.3 Å². The highest BCUT2D eigenvalue weighted by Crippen LogP contribution is 2.39. The zero-order valence-corrected chi connectivity index (χ0v) is 19.8. The Hall–Kier alpha value is -3.85. The molecule has 2 aromatic carbocycles. The highest BCUT2D eigenvalue weighted by molar-refractivity contribution is 6.30. The van der Waals surface area contributed by atoms with Crippen molar-refractivity contribution >= 4 is 40.8 Å². The predicted molar refractivity (Wildman–Crippen MR) is 126 cm³/mol. The van der Waals surface area contributed by atoms with Gasteiger partial charge in [-0.1, -0.05) is 23.3 Å². The lowest BCUT2D eigenvalue weighted by atomic mass is 9.82. The van der Waals surface area contributed by atoms with Crippen LogP contribution in [0, 0.1) is 22.0 Å². The van der Waals surface area contributed by atoms with E-state index in [0.29, 0.717) is 17.9 Å². The number of hydrazine groups is 1. The molecule has 1 aliphatic heterocycles. The Morgan fingerprint density at radius 3 is 2.20 bits per heavy atom. The number of hydrogen-bond donors (Lipinski definition) is 0. The Kier molecular flexibility index (Phi) is 6.53. The minimum atomic E-state index is -1.22. The first-order chi connectivity index (χ1) is 16.6.